The van der Waals surface area contributed by atoms with E-state index in [1.807, 2.05) is 0 Å². The summed E-state index contributed by atoms with van der Waals surface area (Å²) in [4.78, 5) is 21.0. The van der Waals surface area contributed by atoms with Crippen LogP contribution >= 0.6 is 11.6 Å². The predicted octanol–water partition coefficient (Wildman–Crippen LogP) is 5.60. The van der Waals surface area contributed by atoms with E-state index in [0.29, 0.717) is 39.7 Å². The molecule has 0 saturated carbocycles. The van der Waals surface area contributed by atoms with Gasteiger partial charge in [-0.2, -0.15) is 0 Å². The molecular formula is C21H13ClF3N3O. The van der Waals surface area contributed by atoms with E-state index in [0.717, 1.165) is 12.1 Å². The van der Waals surface area contributed by atoms with Gasteiger partial charge in [-0.05, 0) is 48.4 Å². The van der Waals surface area contributed by atoms with Crippen molar-refractivity contribution in [2.24, 2.45) is 0 Å². The number of hydrogen-bond donors (Lipinski definition) is 1. The second-order valence-electron chi connectivity index (χ2n) is 6.45. The van der Waals surface area contributed by atoms with Crippen molar-refractivity contribution in [3.05, 3.63) is 82.6 Å². The summed E-state index contributed by atoms with van der Waals surface area (Å²) < 4.78 is 41.3. The van der Waals surface area contributed by atoms with Crippen molar-refractivity contribution in [1.82, 2.24) is 9.97 Å². The Bertz CT molecular complexity index is 1210. The fraction of sp³-hybridized carbons (Fsp3) is 0.0952. The van der Waals surface area contributed by atoms with Gasteiger partial charge in [0.2, 0.25) is 0 Å². The van der Waals surface area contributed by atoms with Crippen molar-refractivity contribution in [2.45, 2.75) is 12.8 Å². The zero-order chi connectivity index (χ0) is 20.5. The van der Waals surface area contributed by atoms with Crippen molar-refractivity contribution in [3.8, 4) is 0 Å². The van der Waals surface area contributed by atoms with Crippen LogP contribution in [-0.2, 0) is 4.79 Å². The summed E-state index contributed by atoms with van der Waals surface area (Å²) in [6.07, 6.45) is 3.09. The molecule has 1 aliphatic carbocycles. The number of nitrogens with zero attached hydrogens (tertiary/aromatic N) is 2. The van der Waals surface area contributed by atoms with Crippen molar-refractivity contribution in [3.63, 3.8) is 0 Å². The van der Waals surface area contributed by atoms with Gasteiger partial charge in [0.15, 0.2) is 0 Å². The van der Waals surface area contributed by atoms with E-state index in [1.54, 1.807) is 18.2 Å². The molecule has 0 unspecified atom stereocenters. The molecule has 0 aliphatic heterocycles. The van der Waals surface area contributed by atoms with Crippen LogP contribution in [0.3, 0.4) is 0 Å². The minimum absolute atomic E-state index is 0.00739. The Labute approximate surface area is 168 Å². The van der Waals surface area contributed by atoms with E-state index in [-0.39, 0.29) is 17.7 Å². The molecule has 1 aromatic heterocycles. The average molecular weight is 416 g/mol. The molecule has 1 heterocycles. The molecule has 3 aromatic rings. The highest BCUT2D eigenvalue weighted by Crippen LogP contribution is 2.34. The van der Waals surface area contributed by atoms with E-state index in [9.17, 15) is 18.0 Å². The number of nitrogens with one attached hydrogen (secondary N) is 1. The highest BCUT2D eigenvalue weighted by molar-refractivity contribution is 6.31. The van der Waals surface area contributed by atoms with Gasteiger partial charge in [-0.15, -0.1) is 0 Å². The average Bonchev–Trinajstić information content (AvgIpc) is 2.70. The maximum Gasteiger partial charge on any atom is 0.258 e. The van der Waals surface area contributed by atoms with E-state index in [2.05, 4.69) is 15.3 Å². The number of anilines is 1. The normalized spacial score (nSPS) is 14.1. The zero-order valence-electron chi connectivity index (χ0n) is 14.8. The minimum Gasteiger partial charge on any atom is -0.319 e. The molecule has 29 heavy (non-hydrogen) atoms. The summed E-state index contributed by atoms with van der Waals surface area (Å²) in [5.41, 5.74) is 1.36. The van der Waals surface area contributed by atoms with Crippen LogP contribution in [0.2, 0.25) is 5.02 Å². The standard InChI is InChI=1S/C21H13ClF3N3O/c22-12-2-5-18-15(8-12)20(27-10-26-18)11-1-4-16(24)14(7-11)21(29)28-19-6-3-13(23)9-17(19)25/h2-3,5-10H,1,4H2,(H,28,29). The molecule has 0 radical (unpaired) electrons. The second-order valence-corrected chi connectivity index (χ2v) is 6.89. The van der Waals surface area contributed by atoms with Crippen LogP contribution in [0.4, 0.5) is 18.9 Å². The van der Waals surface area contributed by atoms with Crippen molar-refractivity contribution in [2.75, 3.05) is 5.32 Å². The lowest BCUT2D eigenvalue weighted by atomic mass is 9.93. The van der Waals surface area contributed by atoms with Gasteiger partial charge in [-0.25, -0.2) is 23.1 Å². The molecule has 0 saturated heterocycles. The number of fused-ring (bicyclic) bond motifs is 1. The van der Waals surface area contributed by atoms with E-state index in [1.165, 1.54) is 12.4 Å². The first-order chi connectivity index (χ1) is 13.9. The monoisotopic (exact) mass is 415 g/mol. The maximum absolute atomic E-state index is 14.4. The third-order valence-electron chi connectivity index (χ3n) is 4.55. The summed E-state index contributed by atoms with van der Waals surface area (Å²) in [6, 6.07) is 7.87. The van der Waals surface area contributed by atoms with Crippen LogP contribution in [0.5, 0.6) is 0 Å². The topological polar surface area (TPSA) is 54.9 Å². The maximum atomic E-state index is 14.4. The van der Waals surface area contributed by atoms with Crippen molar-refractivity contribution >= 4 is 39.7 Å². The fourth-order valence-electron chi connectivity index (χ4n) is 3.14. The molecule has 0 atom stereocenters. The summed E-state index contributed by atoms with van der Waals surface area (Å²) >= 11 is 6.08. The van der Waals surface area contributed by atoms with Gasteiger partial charge in [0.05, 0.1) is 22.5 Å². The molecule has 1 aliphatic rings. The summed E-state index contributed by atoms with van der Waals surface area (Å²) in [6.45, 7) is 0. The quantitative estimate of drug-likeness (QED) is 0.605. The van der Waals surface area contributed by atoms with Crippen molar-refractivity contribution in [1.29, 1.82) is 0 Å². The molecule has 0 bridgehead atoms. The van der Waals surface area contributed by atoms with Gasteiger partial charge in [-0.1, -0.05) is 11.6 Å². The molecule has 2 aromatic carbocycles. The number of halogens is 4. The smallest absolute Gasteiger partial charge is 0.258 e. The number of rotatable bonds is 3. The van der Waals surface area contributed by atoms with Crippen LogP contribution in [0.1, 0.15) is 18.5 Å². The Morgan fingerprint density at radius 1 is 1.03 bits per heavy atom. The third kappa shape index (κ3) is 3.86. The van der Waals surface area contributed by atoms with Crippen molar-refractivity contribution < 1.29 is 18.0 Å². The number of carbonyl (C=O) groups excluding carboxylic acids is 1. The molecule has 146 valence electrons. The molecule has 0 spiro atoms. The molecule has 0 fully saturated rings. The number of carbonyl (C=O) groups is 1. The van der Waals surface area contributed by atoms with E-state index in [4.69, 9.17) is 11.6 Å². The second kappa shape index (κ2) is 7.67. The Balaban J connectivity index is 1.70. The molecular weight excluding hydrogens is 403 g/mol. The number of allylic oxidation sites excluding steroid dienone is 2. The zero-order valence-corrected chi connectivity index (χ0v) is 15.6. The Kier molecular flexibility index (Phi) is 5.07. The summed E-state index contributed by atoms with van der Waals surface area (Å²) in [5, 5.41) is 3.45. The lowest BCUT2D eigenvalue weighted by Crippen LogP contribution is -2.17. The lowest BCUT2D eigenvalue weighted by Gasteiger charge is -2.17. The third-order valence-corrected chi connectivity index (χ3v) is 4.79. The molecule has 4 nitrogen and oxygen atoms in total. The van der Waals surface area contributed by atoms with E-state index >= 15 is 0 Å². The van der Waals surface area contributed by atoms with Gasteiger partial charge in [-0.3, -0.25) is 4.79 Å². The van der Waals surface area contributed by atoms with Gasteiger partial charge in [0, 0.05) is 22.9 Å². The number of hydrogen-bond acceptors (Lipinski definition) is 3. The predicted molar refractivity (Wildman–Crippen MR) is 105 cm³/mol. The summed E-state index contributed by atoms with van der Waals surface area (Å²) in [5.74, 6) is -3.18. The number of amides is 1. The Morgan fingerprint density at radius 3 is 2.66 bits per heavy atom. The number of aromatic nitrogens is 2. The molecule has 1 amide bonds. The van der Waals surface area contributed by atoms with Crippen LogP contribution in [0.15, 0.2) is 60.2 Å². The Morgan fingerprint density at radius 2 is 1.86 bits per heavy atom. The lowest BCUT2D eigenvalue weighted by molar-refractivity contribution is -0.112. The van der Waals surface area contributed by atoms with Gasteiger partial charge in [0.25, 0.3) is 5.91 Å². The Hall–Kier alpha value is -3.19. The van der Waals surface area contributed by atoms with E-state index < -0.39 is 23.4 Å². The highest BCUT2D eigenvalue weighted by Gasteiger charge is 2.23. The minimum atomic E-state index is -0.948. The van der Waals surface area contributed by atoms with Crippen LogP contribution < -0.4 is 5.32 Å². The molecule has 1 N–H and O–H groups in total. The fourth-order valence-corrected chi connectivity index (χ4v) is 3.32. The van der Waals surface area contributed by atoms with Gasteiger partial charge >= 0.3 is 0 Å². The largest absolute Gasteiger partial charge is 0.319 e. The van der Waals surface area contributed by atoms with Gasteiger partial charge < -0.3 is 5.32 Å². The van der Waals surface area contributed by atoms with Crippen LogP contribution in [0, 0.1) is 11.6 Å². The first-order valence-electron chi connectivity index (χ1n) is 8.68. The highest BCUT2D eigenvalue weighted by atomic mass is 35.5. The van der Waals surface area contributed by atoms with Crippen LogP contribution in [0.25, 0.3) is 16.5 Å². The molecule has 8 heteroatoms. The first kappa shape index (κ1) is 19.1. The summed E-state index contributed by atoms with van der Waals surface area (Å²) in [7, 11) is 0. The van der Waals surface area contributed by atoms with Gasteiger partial charge in [0.1, 0.15) is 23.8 Å². The molecule has 4 rings (SSSR count). The SMILES string of the molecule is O=C(Nc1ccc(F)cc1F)C1=C(F)CCC(c2ncnc3ccc(Cl)cc23)=C1. The van der Waals surface area contributed by atoms with Crippen LogP contribution in [-0.4, -0.2) is 15.9 Å². The first-order valence-corrected chi connectivity index (χ1v) is 9.06. The number of benzene rings is 2.